The van der Waals surface area contributed by atoms with Crippen LogP contribution < -0.4 is 0 Å². The van der Waals surface area contributed by atoms with Crippen molar-refractivity contribution < 1.29 is 18.7 Å². The highest BCUT2D eigenvalue weighted by Crippen LogP contribution is 2.48. The van der Waals surface area contributed by atoms with Gasteiger partial charge in [-0.3, -0.25) is 9.46 Å². The molecular formula is C12H28NO4P. The largest absolute Gasteiger partial charge is 0.395 e. The van der Waals surface area contributed by atoms with E-state index in [-0.39, 0.29) is 12.9 Å². The Labute approximate surface area is 111 Å². The lowest BCUT2D eigenvalue weighted by Crippen LogP contribution is -2.29. The normalized spacial score (nSPS) is 12.3. The van der Waals surface area contributed by atoms with Crippen molar-refractivity contribution in [1.29, 1.82) is 0 Å². The molecule has 0 saturated carbocycles. The molecule has 0 radical (unpaired) electrons. The van der Waals surface area contributed by atoms with E-state index in [0.717, 1.165) is 25.8 Å². The van der Waals surface area contributed by atoms with Crippen molar-refractivity contribution >= 4 is 7.60 Å². The second-order valence-corrected chi connectivity index (χ2v) is 6.28. The molecule has 0 atom stereocenters. The van der Waals surface area contributed by atoms with Gasteiger partial charge in [0.25, 0.3) is 0 Å². The summed E-state index contributed by atoms with van der Waals surface area (Å²) in [7, 11) is -3.05. The molecule has 0 aliphatic carbocycles. The Bertz CT molecular complexity index is 220. The third-order valence-electron chi connectivity index (χ3n) is 2.31. The number of rotatable bonds is 12. The summed E-state index contributed by atoms with van der Waals surface area (Å²) in [6.07, 6.45) is 2.84. The Kier molecular flexibility index (Phi) is 11.0. The Morgan fingerprint density at radius 3 is 1.94 bits per heavy atom. The van der Waals surface area contributed by atoms with E-state index in [4.69, 9.17) is 14.2 Å². The van der Waals surface area contributed by atoms with Crippen molar-refractivity contribution in [2.75, 3.05) is 39.2 Å². The van der Waals surface area contributed by atoms with Gasteiger partial charge in [0.2, 0.25) is 0 Å². The van der Waals surface area contributed by atoms with E-state index in [0.29, 0.717) is 19.8 Å². The van der Waals surface area contributed by atoms with Crippen LogP contribution >= 0.6 is 7.60 Å². The molecule has 0 aromatic carbocycles. The maximum atomic E-state index is 12.5. The minimum absolute atomic E-state index is 0.0571. The lowest BCUT2D eigenvalue weighted by molar-refractivity contribution is 0.169. The summed E-state index contributed by atoms with van der Waals surface area (Å²) in [6, 6.07) is 0. The van der Waals surface area contributed by atoms with Gasteiger partial charge in [-0.05, 0) is 25.8 Å². The van der Waals surface area contributed by atoms with Crippen molar-refractivity contribution in [1.82, 2.24) is 4.90 Å². The molecule has 0 unspecified atom stereocenters. The van der Waals surface area contributed by atoms with Gasteiger partial charge in [-0.1, -0.05) is 20.8 Å². The predicted molar refractivity (Wildman–Crippen MR) is 73.9 cm³/mol. The van der Waals surface area contributed by atoms with Crippen molar-refractivity contribution in [3.05, 3.63) is 0 Å². The topological polar surface area (TPSA) is 59.0 Å². The van der Waals surface area contributed by atoms with Crippen LogP contribution in [0.25, 0.3) is 0 Å². The zero-order valence-corrected chi connectivity index (χ0v) is 12.8. The maximum Gasteiger partial charge on any atom is 0.344 e. The van der Waals surface area contributed by atoms with E-state index in [1.54, 1.807) is 0 Å². The summed E-state index contributed by atoms with van der Waals surface area (Å²) < 4.78 is 23.4. The summed E-state index contributed by atoms with van der Waals surface area (Å²) in [5, 5.41) is 9.00. The molecule has 0 spiro atoms. The smallest absolute Gasteiger partial charge is 0.344 e. The summed E-state index contributed by atoms with van der Waals surface area (Å²) >= 11 is 0. The molecule has 0 fully saturated rings. The van der Waals surface area contributed by atoms with Gasteiger partial charge in [-0.15, -0.1) is 0 Å². The molecule has 0 aliphatic heterocycles. The van der Waals surface area contributed by atoms with Gasteiger partial charge < -0.3 is 14.2 Å². The van der Waals surface area contributed by atoms with Gasteiger partial charge in [0.05, 0.1) is 19.8 Å². The van der Waals surface area contributed by atoms with Crippen LogP contribution in [0.5, 0.6) is 0 Å². The first-order valence-electron chi connectivity index (χ1n) is 6.83. The number of aliphatic hydroxyl groups excluding tert-OH is 1. The van der Waals surface area contributed by atoms with Gasteiger partial charge in [0.1, 0.15) is 6.29 Å². The van der Waals surface area contributed by atoms with Gasteiger partial charge in [0.15, 0.2) is 0 Å². The van der Waals surface area contributed by atoms with Crippen molar-refractivity contribution in [3.63, 3.8) is 0 Å². The Morgan fingerprint density at radius 2 is 1.56 bits per heavy atom. The minimum Gasteiger partial charge on any atom is -0.395 e. The first kappa shape index (κ1) is 18.1. The van der Waals surface area contributed by atoms with Crippen molar-refractivity contribution in [2.24, 2.45) is 0 Å². The second-order valence-electron chi connectivity index (χ2n) is 4.26. The van der Waals surface area contributed by atoms with Gasteiger partial charge in [0, 0.05) is 6.54 Å². The second kappa shape index (κ2) is 10.9. The highest BCUT2D eigenvalue weighted by atomic mass is 31.2. The molecular weight excluding hydrogens is 253 g/mol. The van der Waals surface area contributed by atoms with E-state index in [2.05, 4.69) is 6.92 Å². The van der Waals surface area contributed by atoms with E-state index in [9.17, 15) is 4.57 Å². The molecule has 6 heteroatoms. The van der Waals surface area contributed by atoms with Crippen LogP contribution in [-0.4, -0.2) is 49.2 Å². The summed E-state index contributed by atoms with van der Waals surface area (Å²) in [6.45, 7) is 8.23. The Balaban J connectivity index is 4.46. The predicted octanol–water partition coefficient (Wildman–Crippen LogP) is 2.69. The maximum absolute atomic E-state index is 12.5. The SMILES string of the molecule is CCCOP(=O)(CN(CCC)CCO)OCCC. The molecule has 0 heterocycles. The van der Waals surface area contributed by atoms with Gasteiger partial charge in [-0.25, -0.2) is 0 Å². The standard InChI is InChI=1S/C12H28NO4P/c1-4-7-13(8-9-14)12-18(15,16-10-5-2)17-11-6-3/h14H,4-12H2,1-3H3. The number of hydrogen-bond acceptors (Lipinski definition) is 5. The Hall–Kier alpha value is 0.0700. The fraction of sp³-hybridized carbons (Fsp3) is 1.00. The van der Waals surface area contributed by atoms with Crippen molar-refractivity contribution in [3.8, 4) is 0 Å². The average Bonchev–Trinajstić information content (AvgIpc) is 2.35. The minimum atomic E-state index is -3.05. The van der Waals surface area contributed by atoms with Crippen LogP contribution in [0.15, 0.2) is 0 Å². The molecule has 18 heavy (non-hydrogen) atoms. The third-order valence-corrected chi connectivity index (χ3v) is 4.21. The summed E-state index contributed by atoms with van der Waals surface area (Å²) in [5.41, 5.74) is 0. The zero-order chi connectivity index (χ0) is 13.9. The van der Waals surface area contributed by atoms with E-state index >= 15 is 0 Å². The highest BCUT2D eigenvalue weighted by molar-refractivity contribution is 7.53. The lowest BCUT2D eigenvalue weighted by Gasteiger charge is -2.26. The number of nitrogens with zero attached hydrogens (tertiary/aromatic N) is 1. The lowest BCUT2D eigenvalue weighted by atomic mass is 10.4. The molecule has 0 aromatic rings. The molecule has 110 valence electrons. The molecule has 5 nitrogen and oxygen atoms in total. The average molecular weight is 281 g/mol. The molecule has 0 bridgehead atoms. The molecule has 0 saturated heterocycles. The number of aliphatic hydroxyl groups is 1. The zero-order valence-electron chi connectivity index (χ0n) is 11.9. The first-order valence-corrected chi connectivity index (χ1v) is 8.56. The highest BCUT2D eigenvalue weighted by Gasteiger charge is 2.27. The van der Waals surface area contributed by atoms with Gasteiger partial charge >= 0.3 is 7.60 Å². The van der Waals surface area contributed by atoms with Crippen LogP contribution in [0.2, 0.25) is 0 Å². The van der Waals surface area contributed by atoms with Crippen LogP contribution in [-0.2, 0) is 13.6 Å². The van der Waals surface area contributed by atoms with Crippen LogP contribution in [0.4, 0.5) is 0 Å². The van der Waals surface area contributed by atoms with E-state index in [1.807, 2.05) is 18.7 Å². The van der Waals surface area contributed by atoms with Crippen molar-refractivity contribution in [2.45, 2.75) is 40.0 Å². The summed E-state index contributed by atoms with van der Waals surface area (Å²) in [4.78, 5) is 1.94. The molecule has 0 amide bonds. The monoisotopic (exact) mass is 281 g/mol. The van der Waals surface area contributed by atoms with E-state index < -0.39 is 7.60 Å². The Morgan fingerprint density at radius 1 is 1.00 bits per heavy atom. The van der Waals surface area contributed by atoms with E-state index in [1.165, 1.54) is 0 Å². The van der Waals surface area contributed by atoms with Crippen LogP contribution in [0, 0.1) is 0 Å². The fourth-order valence-electron chi connectivity index (χ4n) is 1.54. The number of hydrogen-bond donors (Lipinski definition) is 1. The first-order chi connectivity index (χ1) is 8.61. The third kappa shape index (κ3) is 8.22. The molecule has 0 aromatic heterocycles. The molecule has 1 N–H and O–H groups in total. The summed E-state index contributed by atoms with van der Waals surface area (Å²) in [5.74, 6) is 0. The quantitative estimate of drug-likeness (QED) is 0.557. The van der Waals surface area contributed by atoms with Crippen LogP contribution in [0.3, 0.4) is 0 Å². The molecule has 0 rings (SSSR count). The molecule has 0 aliphatic rings. The fourth-order valence-corrected chi connectivity index (χ4v) is 3.47. The van der Waals surface area contributed by atoms with Crippen LogP contribution in [0.1, 0.15) is 40.0 Å². The van der Waals surface area contributed by atoms with Gasteiger partial charge in [-0.2, -0.15) is 0 Å².